The molecule has 1 heterocycles. The summed E-state index contributed by atoms with van der Waals surface area (Å²) in [4.78, 5) is 1.08. The van der Waals surface area contributed by atoms with Gasteiger partial charge in [-0.1, -0.05) is 0 Å². The molecule has 1 aromatic carbocycles. The molecular formula is C12H10F3NS. The van der Waals surface area contributed by atoms with Gasteiger partial charge in [0.2, 0.25) is 0 Å². The largest absolute Gasteiger partial charge is 0.380 e. The van der Waals surface area contributed by atoms with Gasteiger partial charge in [0, 0.05) is 29.2 Å². The molecule has 0 amide bonds. The van der Waals surface area contributed by atoms with E-state index in [0.717, 1.165) is 22.6 Å². The maximum Gasteiger partial charge on any atom is 0.194 e. The van der Waals surface area contributed by atoms with Gasteiger partial charge in [0.15, 0.2) is 17.5 Å². The summed E-state index contributed by atoms with van der Waals surface area (Å²) in [5, 5.41) is 4.80. The Morgan fingerprint density at radius 2 is 1.82 bits per heavy atom. The molecule has 1 N–H and O–H groups in total. The second kappa shape index (κ2) is 4.79. The minimum atomic E-state index is -1.44. The van der Waals surface area contributed by atoms with Crippen molar-refractivity contribution >= 4 is 17.0 Å². The molecule has 17 heavy (non-hydrogen) atoms. The van der Waals surface area contributed by atoms with Crippen LogP contribution in [-0.4, -0.2) is 0 Å². The molecule has 5 heteroatoms. The fourth-order valence-corrected chi connectivity index (χ4v) is 2.27. The lowest BCUT2D eigenvalue weighted by atomic mass is 10.2. The Kier molecular flexibility index (Phi) is 3.38. The summed E-state index contributed by atoms with van der Waals surface area (Å²) in [6.45, 7) is 2.42. The number of halogens is 3. The molecular weight excluding hydrogens is 247 g/mol. The van der Waals surface area contributed by atoms with E-state index in [1.807, 2.05) is 18.4 Å². The molecule has 0 aliphatic rings. The van der Waals surface area contributed by atoms with Crippen molar-refractivity contribution in [1.82, 2.24) is 0 Å². The Labute approximate surface area is 101 Å². The normalized spacial score (nSPS) is 10.6. The summed E-state index contributed by atoms with van der Waals surface area (Å²) < 4.78 is 38.6. The number of anilines is 1. The third-order valence-corrected chi connectivity index (χ3v) is 3.43. The van der Waals surface area contributed by atoms with E-state index in [-0.39, 0.29) is 5.69 Å². The first-order valence-corrected chi connectivity index (χ1v) is 5.87. The van der Waals surface area contributed by atoms with Crippen LogP contribution in [0.1, 0.15) is 10.4 Å². The third kappa shape index (κ3) is 2.61. The molecule has 0 saturated heterocycles. The van der Waals surface area contributed by atoms with E-state index in [1.165, 1.54) is 0 Å². The van der Waals surface area contributed by atoms with Crippen LogP contribution in [0.15, 0.2) is 23.6 Å². The molecule has 0 bridgehead atoms. The molecule has 0 unspecified atom stereocenters. The van der Waals surface area contributed by atoms with Crippen LogP contribution in [-0.2, 0) is 6.54 Å². The third-order valence-electron chi connectivity index (χ3n) is 2.41. The second-order valence-corrected chi connectivity index (χ2v) is 4.63. The Hall–Kier alpha value is -1.49. The highest BCUT2D eigenvalue weighted by atomic mass is 32.1. The Morgan fingerprint density at radius 3 is 2.35 bits per heavy atom. The number of benzene rings is 1. The number of thiophene rings is 1. The summed E-state index contributed by atoms with van der Waals surface area (Å²) >= 11 is 1.56. The van der Waals surface area contributed by atoms with Crippen molar-refractivity contribution in [2.45, 2.75) is 13.5 Å². The number of hydrogen-bond donors (Lipinski definition) is 1. The van der Waals surface area contributed by atoms with Gasteiger partial charge in [-0.3, -0.25) is 0 Å². The minimum Gasteiger partial charge on any atom is -0.380 e. The first kappa shape index (κ1) is 12.0. The molecule has 0 aliphatic heterocycles. The summed E-state index contributed by atoms with van der Waals surface area (Å²) in [6, 6.07) is 3.86. The first-order chi connectivity index (χ1) is 8.08. The molecule has 2 rings (SSSR count). The van der Waals surface area contributed by atoms with E-state index in [0.29, 0.717) is 6.54 Å². The van der Waals surface area contributed by atoms with Crippen LogP contribution in [0.25, 0.3) is 0 Å². The summed E-state index contributed by atoms with van der Waals surface area (Å²) in [5.41, 5.74) is 1.35. The Balaban J connectivity index is 2.12. The quantitative estimate of drug-likeness (QED) is 0.817. The summed E-state index contributed by atoms with van der Waals surface area (Å²) in [5.74, 6) is -3.81. The van der Waals surface area contributed by atoms with Crippen LogP contribution in [0.3, 0.4) is 0 Å². The van der Waals surface area contributed by atoms with Crippen molar-refractivity contribution in [2.24, 2.45) is 0 Å². The molecule has 0 radical (unpaired) electrons. The number of aryl methyl sites for hydroxylation is 1. The maximum atomic E-state index is 12.9. The van der Waals surface area contributed by atoms with E-state index in [9.17, 15) is 13.2 Å². The fourth-order valence-electron chi connectivity index (χ4n) is 1.43. The van der Waals surface area contributed by atoms with Crippen LogP contribution in [0, 0.1) is 24.4 Å². The molecule has 0 fully saturated rings. The average Bonchev–Trinajstić information content (AvgIpc) is 2.69. The van der Waals surface area contributed by atoms with Crippen molar-refractivity contribution in [3.63, 3.8) is 0 Å². The van der Waals surface area contributed by atoms with E-state index >= 15 is 0 Å². The van der Waals surface area contributed by atoms with Crippen molar-refractivity contribution in [2.75, 3.05) is 5.32 Å². The lowest BCUT2D eigenvalue weighted by molar-refractivity contribution is 0.447. The number of hydrogen-bond acceptors (Lipinski definition) is 2. The standard InChI is InChI=1S/C12H10F3NS/c1-7-2-3-17-11(7)6-16-8-4-9(13)12(15)10(14)5-8/h2-5,16H,6H2,1H3. The zero-order valence-corrected chi connectivity index (χ0v) is 9.88. The first-order valence-electron chi connectivity index (χ1n) is 4.99. The monoisotopic (exact) mass is 257 g/mol. The predicted molar refractivity (Wildman–Crippen MR) is 62.7 cm³/mol. The lowest BCUT2D eigenvalue weighted by Gasteiger charge is -2.07. The number of rotatable bonds is 3. The molecule has 0 saturated carbocycles. The molecule has 2 aromatic rings. The molecule has 1 aromatic heterocycles. The fraction of sp³-hybridized carbons (Fsp3) is 0.167. The van der Waals surface area contributed by atoms with E-state index < -0.39 is 17.5 Å². The van der Waals surface area contributed by atoms with E-state index in [1.54, 1.807) is 11.3 Å². The average molecular weight is 257 g/mol. The summed E-state index contributed by atoms with van der Waals surface area (Å²) in [7, 11) is 0. The van der Waals surface area contributed by atoms with Gasteiger partial charge in [0.25, 0.3) is 0 Å². The lowest BCUT2D eigenvalue weighted by Crippen LogP contribution is -2.01. The van der Waals surface area contributed by atoms with E-state index in [4.69, 9.17) is 0 Å². The molecule has 1 nitrogen and oxygen atoms in total. The van der Waals surface area contributed by atoms with Gasteiger partial charge in [0.05, 0.1) is 0 Å². The van der Waals surface area contributed by atoms with Gasteiger partial charge in [-0.2, -0.15) is 0 Å². The van der Waals surface area contributed by atoms with Gasteiger partial charge in [-0.25, -0.2) is 13.2 Å². The van der Waals surface area contributed by atoms with Crippen LogP contribution in [0.5, 0.6) is 0 Å². The van der Waals surface area contributed by atoms with Gasteiger partial charge >= 0.3 is 0 Å². The Morgan fingerprint density at radius 1 is 1.18 bits per heavy atom. The molecule has 0 atom stereocenters. The zero-order valence-electron chi connectivity index (χ0n) is 9.06. The van der Waals surface area contributed by atoms with Crippen molar-refractivity contribution in [3.8, 4) is 0 Å². The second-order valence-electron chi connectivity index (χ2n) is 3.63. The topological polar surface area (TPSA) is 12.0 Å². The highest BCUT2D eigenvalue weighted by molar-refractivity contribution is 7.10. The minimum absolute atomic E-state index is 0.231. The molecule has 0 aliphatic carbocycles. The zero-order chi connectivity index (χ0) is 12.4. The van der Waals surface area contributed by atoms with Crippen molar-refractivity contribution < 1.29 is 13.2 Å². The van der Waals surface area contributed by atoms with Gasteiger partial charge in [0.1, 0.15) is 0 Å². The summed E-state index contributed by atoms with van der Waals surface area (Å²) in [6.07, 6.45) is 0. The maximum absolute atomic E-state index is 12.9. The van der Waals surface area contributed by atoms with Crippen LogP contribution < -0.4 is 5.32 Å². The van der Waals surface area contributed by atoms with Crippen LogP contribution in [0.2, 0.25) is 0 Å². The van der Waals surface area contributed by atoms with Crippen LogP contribution >= 0.6 is 11.3 Å². The van der Waals surface area contributed by atoms with Gasteiger partial charge < -0.3 is 5.32 Å². The van der Waals surface area contributed by atoms with Gasteiger partial charge in [-0.05, 0) is 23.9 Å². The predicted octanol–water partition coefficient (Wildman–Crippen LogP) is 4.09. The molecule has 90 valence electrons. The number of nitrogens with one attached hydrogen (secondary N) is 1. The molecule has 0 spiro atoms. The van der Waals surface area contributed by atoms with E-state index in [2.05, 4.69) is 5.32 Å². The van der Waals surface area contributed by atoms with Crippen molar-refractivity contribution in [1.29, 1.82) is 0 Å². The highest BCUT2D eigenvalue weighted by Gasteiger charge is 2.10. The van der Waals surface area contributed by atoms with Gasteiger partial charge in [-0.15, -0.1) is 11.3 Å². The highest BCUT2D eigenvalue weighted by Crippen LogP contribution is 2.20. The smallest absolute Gasteiger partial charge is 0.194 e. The van der Waals surface area contributed by atoms with Crippen molar-refractivity contribution in [3.05, 3.63) is 51.5 Å². The Bertz CT molecular complexity index is 513. The SMILES string of the molecule is Cc1ccsc1CNc1cc(F)c(F)c(F)c1. The van der Waals surface area contributed by atoms with Crippen LogP contribution in [0.4, 0.5) is 18.9 Å².